The second kappa shape index (κ2) is 7.10. The molecule has 0 amide bonds. The van der Waals surface area contributed by atoms with Crippen LogP contribution in [0.4, 0.5) is 0 Å². The first-order chi connectivity index (χ1) is 16.8. The summed E-state index contributed by atoms with van der Waals surface area (Å²) in [7, 11) is -0.331. The molecular weight excluding hydrogens is 429 g/mol. The summed E-state index contributed by atoms with van der Waals surface area (Å²) in [6, 6.07) is 30.9. The molecule has 35 heavy (non-hydrogen) atoms. The molecule has 0 radical (unpaired) electrons. The number of fused-ring (bicyclic) bond motifs is 6. The first-order valence-corrected chi connectivity index (χ1v) is 12.4. The number of hydrogen-bond donors (Lipinski definition) is 0. The van der Waals surface area contributed by atoms with Gasteiger partial charge >= 0.3 is 7.12 Å². The molecule has 0 atom stereocenters. The molecule has 1 aromatic heterocycles. The second-order valence-electron chi connectivity index (χ2n) is 10.9. The molecule has 0 unspecified atom stereocenters. The van der Waals surface area contributed by atoms with Gasteiger partial charge in [0.15, 0.2) is 0 Å². The largest absolute Gasteiger partial charge is 0.494 e. The Hall–Kier alpha value is -3.34. The average Bonchev–Trinajstić information content (AvgIpc) is 3.44. The van der Waals surface area contributed by atoms with Gasteiger partial charge in [0.05, 0.1) is 22.2 Å². The van der Waals surface area contributed by atoms with Gasteiger partial charge in [-0.1, -0.05) is 60.7 Å². The predicted molar refractivity (Wildman–Crippen MR) is 145 cm³/mol. The monoisotopic (exact) mass is 457 g/mol. The molecule has 4 aromatic carbocycles. The van der Waals surface area contributed by atoms with Crippen LogP contribution in [-0.4, -0.2) is 22.9 Å². The van der Waals surface area contributed by atoms with Gasteiger partial charge in [-0.05, 0) is 86.1 Å². The van der Waals surface area contributed by atoms with Crippen molar-refractivity contribution in [2.45, 2.75) is 45.3 Å². The molecule has 2 heterocycles. The summed E-state index contributed by atoms with van der Waals surface area (Å²) < 4.78 is 15.0. The number of rotatable bonds is 2. The molecule has 0 N–H and O–H groups in total. The number of para-hydroxylation sites is 2. The average molecular weight is 457 g/mol. The number of aromatic nitrogens is 1. The molecular formula is C31H28BNO2. The maximum Gasteiger partial charge on any atom is 0.494 e. The van der Waals surface area contributed by atoms with E-state index in [9.17, 15) is 0 Å². The van der Waals surface area contributed by atoms with E-state index in [4.69, 9.17) is 9.31 Å². The lowest BCUT2D eigenvalue weighted by Gasteiger charge is -2.32. The Kier molecular flexibility index (Phi) is 4.26. The van der Waals surface area contributed by atoms with Crippen LogP contribution in [0.2, 0.25) is 0 Å². The van der Waals surface area contributed by atoms with Crippen LogP contribution in [-0.2, 0) is 15.7 Å². The third-order valence-corrected chi connectivity index (χ3v) is 8.25. The maximum absolute atomic E-state index is 6.31. The Bertz CT molecular complexity index is 1580. The summed E-state index contributed by atoms with van der Waals surface area (Å²) in [4.78, 5) is 0. The summed E-state index contributed by atoms with van der Waals surface area (Å²) in [5, 5.41) is 2.58. The molecule has 1 saturated heterocycles. The van der Waals surface area contributed by atoms with Crippen LogP contribution in [0.5, 0.6) is 0 Å². The van der Waals surface area contributed by atoms with Crippen molar-refractivity contribution >= 4 is 34.4 Å². The molecule has 2 aliphatic rings. The number of nitrogens with zero attached hydrogens (tertiary/aromatic N) is 1. The summed E-state index contributed by atoms with van der Waals surface area (Å²) in [5.41, 5.74) is 9.46. The zero-order valence-corrected chi connectivity index (χ0v) is 20.6. The van der Waals surface area contributed by atoms with Crippen molar-refractivity contribution in [1.29, 1.82) is 0 Å². The number of hydrogen-bond acceptors (Lipinski definition) is 2. The van der Waals surface area contributed by atoms with Gasteiger partial charge in [0.25, 0.3) is 0 Å². The molecule has 1 fully saturated rings. The van der Waals surface area contributed by atoms with Crippen LogP contribution in [0.1, 0.15) is 38.8 Å². The fourth-order valence-electron chi connectivity index (χ4n) is 5.68. The summed E-state index contributed by atoms with van der Waals surface area (Å²) in [5.74, 6) is 0. The highest BCUT2D eigenvalue weighted by Gasteiger charge is 2.51. The van der Waals surface area contributed by atoms with Gasteiger partial charge in [0.1, 0.15) is 0 Å². The predicted octanol–water partition coefficient (Wildman–Crippen LogP) is 6.65. The van der Waals surface area contributed by atoms with Crippen LogP contribution >= 0.6 is 0 Å². The Balaban J connectivity index is 1.29. The Morgan fingerprint density at radius 2 is 1.20 bits per heavy atom. The third kappa shape index (κ3) is 3.00. The highest BCUT2D eigenvalue weighted by molar-refractivity contribution is 6.62. The van der Waals surface area contributed by atoms with Gasteiger partial charge in [-0.25, -0.2) is 0 Å². The third-order valence-electron chi connectivity index (χ3n) is 8.25. The zero-order chi connectivity index (χ0) is 23.9. The highest BCUT2D eigenvalue weighted by atomic mass is 16.7. The van der Waals surface area contributed by atoms with E-state index in [1.165, 1.54) is 49.7 Å². The van der Waals surface area contributed by atoms with Gasteiger partial charge in [0, 0.05) is 16.5 Å². The van der Waals surface area contributed by atoms with Crippen molar-refractivity contribution in [2.75, 3.05) is 0 Å². The van der Waals surface area contributed by atoms with Crippen molar-refractivity contribution < 1.29 is 9.31 Å². The minimum atomic E-state index is -0.336. The first kappa shape index (κ1) is 21.0. The molecule has 1 aliphatic heterocycles. The zero-order valence-electron chi connectivity index (χ0n) is 20.6. The Morgan fingerprint density at radius 3 is 1.83 bits per heavy atom. The quantitative estimate of drug-likeness (QED) is 0.272. The topological polar surface area (TPSA) is 23.4 Å². The van der Waals surface area contributed by atoms with Crippen molar-refractivity contribution in [3.63, 3.8) is 0 Å². The van der Waals surface area contributed by atoms with Crippen molar-refractivity contribution in [2.24, 2.45) is 0 Å². The Labute approximate surface area is 206 Å². The van der Waals surface area contributed by atoms with E-state index in [1.807, 2.05) is 0 Å². The molecule has 0 saturated carbocycles. The molecule has 0 bridgehead atoms. The lowest BCUT2D eigenvalue weighted by molar-refractivity contribution is 0.00578. The lowest BCUT2D eigenvalue weighted by Crippen LogP contribution is -2.41. The van der Waals surface area contributed by atoms with Gasteiger partial charge in [-0.15, -0.1) is 0 Å². The minimum Gasteiger partial charge on any atom is -0.399 e. The van der Waals surface area contributed by atoms with E-state index < -0.39 is 0 Å². The maximum atomic E-state index is 6.31. The molecule has 3 nitrogen and oxygen atoms in total. The fraction of sp³-hybridized carbons (Fsp3) is 0.226. The van der Waals surface area contributed by atoms with E-state index in [1.54, 1.807) is 0 Å². The van der Waals surface area contributed by atoms with Crippen LogP contribution in [0.3, 0.4) is 0 Å². The standard InChI is InChI=1S/C31H28BNO2/c1-30(2)31(3,4)35-32(34-30)22-13-15-24-20(18-22)17-21-19-23(14-16-25(21)24)33-28-11-7-5-9-26(28)27-10-6-8-12-29(27)33/h5-16,18-19H,17H2,1-4H3. The fourth-order valence-corrected chi connectivity index (χ4v) is 5.68. The summed E-state index contributed by atoms with van der Waals surface area (Å²) >= 11 is 0. The second-order valence-corrected chi connectivity index (χ2v) is 10.9. The molecule has 5 aromatic rings. The van der Waals surface area contributed by atoms with E-state index in [0.29, 0.717) is 0 Å². The molecule has 1 aliphatic carbocycles. The van der Waals surface area contributed by atoms with Crippen molar-refractivity contribution in [3.8, 4) is 16.8 Å². The van der Waals surface area contributed by atoms with Crippen LogP contribution in [0.25, 0.3) is 38.6 Å². The summed E-state index contributed by atoms with van der Waals surface area (Å²) in [6.45, 7) is 8.41. The molecule has 172 valence electrons. The van der Waals surface area contributed by atoms with E-state index >= 15 is 0 Å². The SMILES string of the molecule is CC1(C)OB(c2ccc3c(c2)Cc2cc(-n4c5ccccc5c5ccccc54)ccc2-3)OC1(C)C. The molecule has 0 spiro atoms. The molecule has 7 rings (SSSR count). The van der Waals surface area contributed by atoms with E-state index in [2.05, 4.69) is 117 Å². The lowest BCUT2D eigenvalue weighted by atomic mass is 9.78. The van der Waals surface area contributed by atoms with E-state index in [0.717, 1.165) is 11.9 Å². The smallest absolute Gasteiger partial charge is 0.399 e. The van der Waals surface area contributed by atoms with Gasteiger partial charge < -0.3 is 13.9 Å². The van der Waals surface area contributed by atoms with Crippen molar-refractivity contribution in [1.82, 2.24) is 4.57 Å². The van der Waals surface area contributed by atoms with Gasteiger partial charge in [-0.2, -0.15) is 0 Å². The van der Waals surface area contributed by atoms with Crippen LogP contribution < -0.4 is 5.46 Å². The van der Waals surface area contributed by atoms with Crippen LogP contribution in [0, 0.1) is 0 Å². The minimum absolute atomic E-state index is 0.331. The van der Waals surface area contributed by atoms with Crippen LogP contribution in [0.15, 0.2) is 84.9 Å². The highest BCUT2D eigenvalue weighted by Crippen LogP contribution is 2.40. The molecule has 4 heteroatoms. The van der Waals surface area contributed by atoms with E-state index in [-0.39, 0.29) is 18.3 Å². The van der Waals surface area contributed by atoms with Crippen molar-refractivity contribution in [3.05, 3.63) is 96.1 Å². The van der Waals surface area contributed by atoms with Gasteiger partial charge in [0.2, 0.25) is 0 Å². The normalized spacial score (nSPS) is 17.8. The first-order valence-electron chi connectivity index (χ1n) is 12.4. The number of benzene rings is 4. The summed E-state index contributed by atoms with van der Waals surface area (Å²) in [6.07, 6.45) is 0.920. The Morgan fingerprint density at radius 1 is 0.657 bits per heavy atom. The van der Waals surface area contributed by atoms with Gasteiger partial charge in [-0.3, -0.25) is 0 Å².